The second kappa shape index (κ2) is 7.88. The van der Waals surface area contributed by atoms with Gasteiger partial charge in [-0.05, 0) is 44.0 Å². The van der Waals surface area contributed by atoms with E-state index in [1.54, 1.807) is 30.3 Å². The normalized spacial score (nSPS) is 14.8. The van der Waals surface area contributed by atoms with Gasteiger partial charge in [0.05, 0.1) is 0 Å². The average Bonchev–Trinajstić information content (AvgIpc) is 2.63. The third-order valence-corrected chi connectivity index (χ3v) is 4.38. The van der Waals surface area contributed by atoms with Crippen molar-refractivity contribution in [3.63, 3.8) is 0 Å². The Hall–Kier alpha value is -2.76. The number of aromatic nitrogens is 2. The third kappa shape index (κ3) is 4.62. The highest BCUT2D eigenvalue weighted by Gasteiger charge is 2.17. The molecule has 1 aliphatic rings. The predicted molar refractivity (Wildman–Crippen MR) is 96.1 cm³/mol. The van der Waals surface area contributed by atoms with Gasteiger partial charge in [0, 0.05) is 17.3 Å². The van der Waals surface area contributed by atoms with E-state index in [0.717, 1.165) is 18.5 Å². The Kier molecular flexibility index (Phi) is 5.38. The van der Waals surface area contributed by atoms with Crippen LogP contribution in [0, 0.1) is 0 Å². The molecule has 1 heterocycles. The zero-order valence-corrected chi connectivity index (χ0v) is 14.3. The largest absolute Gasteiger partial charge is 0.348 e. The summed E-state index contributed by atoms with van der Waals surface area (Å²) in [6, 6.07) is 10.8. The minimum absolute atomic E-state index is 0.00414. The van der Waals surface area contributed by atoms with Crippen LogP contribution < -0.4 is 10.6 Å². The molecule has 130 valence electrons. The first kappa shape index (κ1) is 17.1. The number of nitrogens with one attached hydrogen (secondary N) is 2. The van der Waals surface area contributed by atoms with Gasteiger partial charge in [-0.25, -0.2) is 0 Å². The maximum Gasteiger partial charge on any atom is 0.272 e. The van der Waals surface area contributed by atoms with E-state index in [1.165, 1.54) is 26.2 Å². The lowest BCUT2D eigenvalue weighted by Crippen LogP contribution is -2.36. The van der Waals surface area contributed by atoms with E-state index in [2.05, 4.69) is 20.8 Å². The topological polar surface area (TPSA) is 84.0 Å². The number of hydrogen-bond acceptors (Lipinski definition) is 5. The SMILES string of the molecule is CC(=O)c1cccc(Nc2ccc(C(=O)NC3CCCCC3)nn2)c1. The Morgan fingerprint density at radius 2 is 1.84 bits per heavy atom. The number of nitrogens with zero attached hydrogens (tertiary/aromatic N) is 2. The molecule has 0 radical (unpaired) electrons. The molecule has 1 saturated carbocycles. The van der Waals surface area contributed by atoms with Gasteiger partial charge >= 0.3 is 0 Å². The Balaban J connectivity index is 1.62. The predicted octanol–water partition coefficient (Wildman–Crippen LogP) is 3.49. The smallest absolute Gasteiger partial charge is 0.272 e. The monoisotopic (exact) mass is 338 g/mol. The van der Waals surface area contributed by atoms with Crippen molar-refractivity contribution in [1.29, 1.82) is 0 Å². The van der Waals surface area contributed by atoms with Gasteiger partial charge in [0.15, 0.2) is 17.3 Å². The van der Waals surface area contributed by atoms with Gasteiger partial charge < -0.3 is 10.6 Å². The maximum atomic E-state index is 12.2. The van der Waals surface area contributed by atoms with Crippen molar-refractivity contribution in [3.8, 4) is 0 Å². The third-order valence-electron chi connectivity index (χ3n) is 4.38. The van der Waals surface area contributed by atoms with Gasteiger partial charge in [-0.2, -0.15) is 0 Å². The molecule has 2 aromatic rings. The van der Waals surface area contributed by atoms with Crippen LogP contribution in [0.1, 0.15) is 59.9 Å². The van der Waals surface area contributed by atoms with E-state index in [1.807, 2.05) is 6.07 Å². The quantitative estimate of drug-likeness (QED) is 0.815. The summed E-state index contributed by atoms with van der Waals surface area (Å²) >= 11 is 0. The molecule has 0 atom stereocenters. The number of Topliss-reactive ketones (excluding diaryl/α,β-unsaturated/α-hetero) is 1. The van der Waals surface area contributed by atoms with E-state index < -0.39 is 0 Å². The van der Waals surface area contributed by atoms with Crippen molar-refractivity contribution >= 4 is 23.2 Å². The fourth-order valence-electron chi connectivity index (χ4n) is 2.99. The zero-order valence-electron chi connectivity index (χ0n) is 14.3. The van der Waals surface area contributed by atoms with Crippen LogP contribution >= 0.6 is 0 Å². The Bertz CT molecular complexity index is 752. The van der Waals surface area contributed by atoms with Crippen molar-refractivity contribution in [1.82, 2.24) is 15.5 Å². The summed E-state index contributed by atoms with van der Waals surface area (Å²) in [5, 5.41) is 14.2. The van der Waals surface area contributed by atoms with E-state index in [0.29, 0.717) is 17.1 Å². The summed E-state index contributed by atoms with van der Waals surface area (Å²) in [4.78, 5) is 23.7. The minimum Gasteiger partial charge on any atom is -0.348 e. The molecule has 1 aromatic heterocycles. The Morgan fingerprint density at radius 1 is 1.04 bits per heavy atom. The van der Waals surface area contributed by atoms with Gasteiger partial charge in [0.1, 0.15) is 0 Å². The van der Waals surface area contributed by atoms with E-state index in [9.17, 15) is 9.59 Å². The molecule has 1 amide bonds. The second-order valence-corrected chi connectivity index (χ2v) is 6.37. The molecule has 1 aliphatic carbocycles. The number of carbonyl (C=O) groups is 2. The van der Waals surface area contributed by atoms with Crippen LogP contribution in [0.5, 0.6) is 0 Å². The molecule has 0 spiro atoms. The summed E-state index contributed by atoms with van der Waals surface area (Å²) in [6.45, 7) is 1.53. The Labute approximate surface area is 147 Å². The van der Waals surface area contributed by atoms with Crippen LogP contribution in [0.25, 0.3) is 0 Å². The number of amides is 1. The molecule has 25 heavy (non-hydrogen) atoms. The van der Waals surface area contributed by atoms with Gasteiger partial charge in [-0.1, -0.05) is 31.4 Å². The molecule has 2 N–H and O–H groups in total. The Morgan fingerprint density at radius 3 is 2.52 bits per heavy atom. The first-order chi connectivity index (χ1) is 12.1. The van der Waals surface area contributed by atoms with Gasteiger partial charge in [-0.15, -0.1) is 10.2 Å². The van der Waals surface area contributed by atoms with Crippen molar-refractivity contribution in [2.24, 2.45) is 0 Å². The molecule has 0 unspecified atom stereocenters. The lowest BCUT2D eigenvalue weighted by atomic mass is 9.95. The number of hydrogen-bond donors (Lipinski definition) is 2. The highest BCUT2D eigenvalue weighted by molar-refractivity contribution is 5.95. The van der Waals surface area contributed by atoms with Crippen LogP contribution in [0.4, 0.5) is 11.5 Å². The second-order valence-electron chi connectivity index (χ2n) is 6.37. The standard InChI is InChI=1S/C19H22N4O2/c1-13(24)14-6-5-9-16(12-14)20-18-11-10-17(22-23-18)19(25)21-15-7-3-2-4-8-15/h5-6,9-12,15H,2-4,7-8H2,1H3,(H,20,23)(H,21,25). The summed E-state index contributed by atoms with van der Waals surface area (Å²) in [6.07, 6.45) is 5.64. The van der Waals surface area contributed by atoms with Crippen molar-refractivity contribution in [2.45, 2.75) is 45.1 Å². The van der Waals surface area contributed by atoms with E-state index >= 15 is 0 Å². The van der Waals surface area contributed by atoms with Crippen LogP contribution in [0.3, 0.4) is 0 Å². The fraction of sp³-hybridized carbons (Fsp3) is 0.368. The van der Waals surface area contributed by atoms with E-state index in [4.69, 9.17) is 0 Å². The minimum atomic E-state index is -0.176. The molecular formula is C19H22N4O2. The summed E-state index contributed by atoms with van der Waals surface area (Å²) in [7, 11) is 0. The molecule has 0 aliphatic heterocycles. The van der Waals surface area contributed by atoms with E-state index in [-0.39, 0.29) is 17.7 Å². The van der Waals surface area contributed by atoms with Gasteiger partial charge in [0.2, 0.25) is 0 Å². The molecule has 6 nitrogen and oxygen atoms in total. The highest BCUT2D eigenvalue weighted by Crippen LogP contribution is 2.18. The molecule has 1 aromatic carbocycles. The lowest BCUT2D eigenvalue weighted by Gasteiger charge is -2.22. The first-order valence-electron chi connectivity index (χ1n) is 8.64. The molecule has 0 saturated heterocycles. The number of rotatable bonds is 5. The van der Waals surface area contributed by atoms with Crippen molar-refractivity contribution in [3.05, 3.63) is 47.7 Å². The summed E-state index contributed by atoms with van der Waals surface area (Å²) in [5.41, 5.74) is 1.69. The summed E-state index contributed by atoms with van der Waals surface area (Å²) in [5.74, 6) is 0.351. The molecule has 6 heteroatoms. The fourth-order valence-corrected chi connectivity index (χ4v) is 2.99. The maximum absolute atomic E-state index is 12.2. The number of carbonyl (C=O) groups excluding carboxylic acids is 2. The lowest BCUT2D eigenvalue weighted by molar-refractivity contribution is 0.0921. The molecular weight excluding hydrogens is 316 g/mol. The number of anilines is 2. The van der Waals surface area contributed by atoms with Crippen LogP contribution in [0.15, 0.2) is 36.4 Å². The van der Waals surface area contributed by atoms with Gasteiger partial charge in [-0.3, -0.25) is 9.59 Å². The number of ketones is 1. The average molecular weight is 338 g/mol. The van der Waals surface area contributed by atoms with Crippen molar-refractivity contribution in [2.75, 3.05) is 5.32 Å². The van der Waals surface area contributed by atoms with Gasteiger partial charge in [0.25, 0.3) is 5.91 Å². The van der Waals surface area contributed by atoms with Crippen LogP contribution in [-0.2, 0) is 0 Å². The first-order valence-corrected chi connectivity index (χ1v) is 8.64. The zero-order chi connectivity index (χ0) is 17.6. The highest BCUT2D eigenvalue weighted by atomic mass is 16.2. The summed E-state index contributed by atoms with van der Waals surface area (Å²) < 4.78 is 0. The number of benzene rings is 1. The van der Waals surface area contributed by atoms with Crippen LogP contribution in [-0.4, -0.2) is 27.9 Å². The van der Waals surface area contributed by atoms with Crippen molar-refractivity contribution < 1.29 is 9.59 Å². The molecule has 0 bridgehead atoms. The molecule has 3 rings (SSSR count). The molecule has 1 fully saturated rings. The van der Waals surface area contributed by atoms with Crippen LogP contribution in [0.2, 0.25) is 0 Å².